The molecule has 2 aromatic rings. The SMILES string of the molecule is COc1ccc(-c2noc(CN(C)[C@H](C)C(C)(C)C)n2)cc1OC. The lowest BCUT2D eigenvalue weighted by Crippen LogP contribution is -2.38. The summed E-state index contributed by atoms with van der Waals surface area (Å²) < 4.78 is 16.0. The summed E-state index contributed by atoms with van der Waals surface area (Å²) in [6, 6.07) is 5.94. The van der Waals surface area contributed by atoms with Gasteiger partial charge in [-0.15, -0.1) is 0 Å². The van der Waals surface area contributed by atoms with Gasteiger partial charge in [0.2, 0.25) is 11.7 Å². The Balaban J connectivity index is 2.16. The summed E-state index contributed by atoms with van der Waals surface area (Å²) in [5.74, 6) is 2.45. The first-order valence-electron chi connectivity index (χ1n) is 8.01. The molecule has 2 rings (SSSR count). The van der Waals surface area contributed by atoms with Crippen molar-refractivity contribution in [2.24, 2.45) is 5.41 Å². The van der Waals surface area contributed by atoms with Gasteiger partial charge in [0, 0.05) is 11.6 Å². The average Bonchev–Trinajstić information content (AvgIpc) is 3.00. The molecule has 1 aromatic heterocycles. The van der Waals surface area contributed by atoms with Gasteiger partial charge in [-0.1, -0.05) is 25.9 Å². The minimum Gasteiger partial charge on any atom is -0.493 e. The third-order valence-corrected chi connectivity index (χ3v) is 4.41. The minimum absolute atomic E-state index is 0.181. The van der Waals surface area contributed by atoms with E-state index in [0.29, 0.717) is 35.8 Å². The summed E-state index contributed by atoms with van der Waals surface area (Å²) in [6.07, 6.45) is 0. The number of ether oxygens (including phenoxy) is 2. The van der Waals surface area contributed by atoms with Crippen molar-refractivity contribution in [1.82, 2.24) is 15.0 Å². The maximum atomic E-state index is 5.41. The van der Waals surface area contributed by atoms with Crippen LogP contribution in [0, 0.1) is 5.41 Å². The number of hydrogen-bond donors (Lipinski definition) is 0. The van der Waals surface area contributed by atoms with Crippen LogP contribution in [-0.2, 0) is 6.54 Å². The van der Waals surface area contributed by atoms with Crippen molar-refractivity contribution < 1.29 is 14.0 Å². The topological polar surface area (TPSA) is 60.6 Å². The van der Waals surface area contributed by atoms with Crippen LogP contribution in [0.2, 0.25) is 0 Å². The van der Waals surface area contributed by atoms with Crippen molar-refractivity contribution in [2.75, 3.05) is 21.3 Å². The van der Waals surface area contributed by atoms with Crippen molar-refractivity contribution >= 4 is 0 Å². The van der Waals surface area contributed by atoms with E-state index >= 15 is 0 Å². The fourth-order valence-corrected chi connectivity index (χ4v) is 2.42. The molecule has 6 nitrogen and oxygen atoms in total. The molecule has 1 atom stereocenters. The van der Waals surface area contributed by atoms with E-state index in [4.69, 9.17) is 14.0 Å². The summed E-state index contributed by atoms with van der Waals surface area (Å²) in [4.78, 5) is 6.71. The molecule has 0 N–H and O–H groups in total. The number of hydrogen-bond acceptors (Lipinski definition) is 6. The number of nitrogens with zero attached hydrogens (tertiary/aromatic N) is 3. The molecule has 1 heterocycles. The second kappa shape index (κ2) is 7.21. The van der Waals surface area contributed by atoms with E-state index < -0.39 is 0 Å². The Morgan fingerprint density at radius 2 is 1.83 bits per heavy atom. The van der Waals surface area contributed by atoms with Crippen molar-refractivity contribution in [3.63, 3.8) is 0 Å². The van der Waals surface area contributed by atoms with Gasteiger partial charge in [0.25, 0.3) is 0 Å². The molecule has 0 saturated carbocycles. The van der Waals surface area contributed by atoms with Gasteiger partial charge in [-0.2, -0.15) is 4.98 Å². The maximum absolute atomic E-state index is 5.41. The largest absolute Gasteiger partial charge is 0.493 e. The van der Waals surface area contributed by atoms with E-state index in [0.717, 1.165) is 5.56 Å². The number of rotatable bonds is 6. The van der Waals surface area contributed by atoms with E-state index in [1.54, 1.807) is 14.2 Å². The normalized spacial score (nSPS) is 13.2. The fraction of sp³-hybridized carbons (Fsp3) is 0.556. The molecule has 132 valence electrons. The molecule has 0 aliphatic rings. The van der Waals surface area contributed by atoms with Crippen molar-refractivity contribution in [3.05, 3.63) is 24.1 Å². The van der Waals surface area contributed by atoms with Crippen LogP contribution >= 0.6 is 0 Å². The summed E-state index contributed by atoms with van der Waals surface area (Å²) in [5.41, 5.74) is 1.01. The molecule has 0 amide bonds. The van der Waals surface area contributed by atoms with Crippen LogP contribution in [0.5, 0.6) is 11.5 Å². The molecule has 0 spiro atoms. The molecule has 24 heavy (non-hydrogen) atoms. The Labute approximate surface area is 143 Å². The van der Waals surface area contributed by atoms with Crippen LogP contribution in [0.15, 0.2) is 22.7 Å². The molecule has 0 bridgehead atoms. The van der Waals surface area contributed by atoms with Gasteiger partial charge in [0.1, 0.15) is 0 Å². The summed E-state index contributed by atoms with van der Waals surface area (Å²) in [5, 5.41) is 4.08. The van der Waals surface area contributed by atoms with Gasteiger partial charge in [0.05, 0.1) is 20.8 Å². The second-order valence-corrected chi connectivity index (χ2v) is 7.04. The number of methoxy groups -OCH3 is 2. The molecule has 0 aliphatic heterocycles. The van der Waals surface area contributed by atoms with Gasteiger partial charge in [-0.05, 0) is 37.6 Å². The first-order valence-corrected chi connectivity index (χ1v) is 8.01. The lowest BCUT2D eigenvalue weighted by molar-refractivity contribution is 0.122. The molecule has 0 radical (unpaired) electrons. The van der Waals surface area contributed by atoms with Gasteiger partial charge in [-0.25, -0.2) is 0 Å². The Kier molecular flexibility index (Phi) is 5.49. The Hall–Kier alpha value is -2.08. The zero-order valence-corrected chi connectivity index (χ0v) is 15.6. The van der Waals surface area contributed by atoms with Gasteiger partial charge in [-0.3, -0.25) is 4.90 Å². The molecular weight excluding hydrogens is 306 g/mol. The van der Waals surface area contributed by atoms with Gasteiger partial charge < -0.3 is 14.0 Å². The van der Waals surface area contributed by atoms with Crippen molar-refractivity contribution in [1.29, 1.82) is 0 Å². The Morgan fingerprint density at radius 3 is 2.42 bits per heavy atom. The van der Waals surface area contributed by atoms with Crippen LogP contribution in [0.3, 0.4) is 0 Å². The molecule has 0 fully saturated rings. The molecule has 0 aliphatic carbocycles. The summed E-state index contributed by atoms with van der Waals surface area (Å²) in [6.45, 7) is 9.47. The van der Waals surface area contributed by atoms with E-state index in [9.17, 15) is 0 Å². The first kappa shape index (κ1) is 18.3. The zero-order valence-electron chi connectivity index (χ0n) is 15.6. The van der Waals surface area contributed by atoms with E-state index in [1.165, 1.54) is 0 Å². The third-order valence-electron chi connectivity index (χ3n) is 4.41. The second-order valence-electron chi connectivity index (χ2n) is 7.04. The lowest BCUT2D eigenvalue weighted by Gasteiger charge is -2.34. The lowest BCUT2D eigenvalue weighted by atomic mass is 9.87. The quantitative estimate of drug-likeness (QED) is 0.804. The van der Waals surface area contributed by atoms with Crippen LogP contribution < -0.4 is 9.47 Å². The van der Waals surface area contributed by atoms with Gasteiger partial charge >= 0.3 is 0 Å². The zero-order chi connectivity index (χ0) is 17.9. The number of aromatic nitrogens is 2. The Bertz CT molecular complexity index is 676. The molecule has 0 unspecified atom stereocenters. The highest BCUT2D eigenvalue weighted by Gasteiger charge is 2.25. The predicted molar refractivity (Wildman–Crippen MR) is 93.2 cm³/mol. The average molecular weight is 333 g/mol. The maximum Gasteiger partial charge on any atom is 0.241 e. The molecule has 6 heteroatoms. The first-order chi connectivity index (χ1) is 11.3. The molecular formula is C18H27N3O3. The highest BCUT2D eigenvalue weighted by molar-refractivity contribution is 5.60. The van der Waals surface area contributed by atoms with E-state index in [-0.39, 0.29) is 5.41 Å². The highest BCUT2D eigenvalue weighted by atomic mass is 16.5. The third kappa shape index (κ3) is 4.06. The Morgan fingerprint density at radius 1 is 1.17 bits per heavy atom. The molecule has 1 aromatic carbocycles. The van der Waals surface area contributed by atoms with Crippen LogP contribution in [-0.4, -0.2) is 42.3 Å². The summed E-state index contributed by atoms with van der Waals surface area (Å²) in [7, 11) is 5.28. The monoisotopic (exact) mass is 333 g/mol. The van der Waals surface area contributed by atoms with Gasteiger partial charge in [0.15, 0.2) is 11.5 Å². The van der Waals surface area contributed by atoms with E-state index in [1.807, 2.05) is 18.2 Å². The number of benzene rings is 1. The summed E-state index contributed by atoms with van der Waals surface area (Å²) >= 11 is 0. The molecule has 0 saturated heterocycles. The van der Waals surface area contributed by atoms with Crippen LogP contribution in [0.25, 0.3) is 11.4 Å². The van der Waals surface area contributed by atoms with E-state index in [2.05, 4.69) is 49.8 Å². The van der Waals surface area contributed by atoms with Crippen molar-refractivity contribution in [3.8, 4) is 22.9 Å². The predicted octanol–water partition coefficient (Wildman–Crippen LogP) is 3.62. The van der Waals surface area contributed by atoms with Crippen LogP contribution in [0.4, 0.5) is 0 Å². The van der Waals surface area contributed by atoms with Crippen molar-refractivity contribution in [2.45, 2.75) is 40.3 Å². The standard InChI is InChI=1S/C18H27N3O3/c1-12(18(2,3)4)21(5)11-16-19-17(20-24-16)13-8-9-14(22-6)15(10-13)23-7/h8-10,12H,11H2,1-7H3/t12-/m1/s1. The highest BCUT2D eigenvalue weighted by Crippen LogP contribution is 2.31. The van der Waals surface area contributed by atoms with Crippen LogP contribution in [0.1, 0.15) is 33.6 Å². The smallest absolute Gasteiger partial charge is 0.241 e. The minimum atomic E-state index is 0.181. The fourth-order valence-electron chi connectivity index (χ4n) is 2.42.